The van der Waals surface area contributed by atoms with Gasteiger partial charge in [-0.25, -0.2) is 0 Å². The van der Waals surface area contributed by atoms with Gasteiger partial charge in [-0.2, -0.15) is 0 Å². The second-order valence-electron chi connectivity index (χ2n) is 3.09. The van der Waals surface area contributed by atoms with Crippen LogP contribution in [0.5, 0.6) is 0 Å². The third kappa shape index (κ3) is 3.03. The van der Waals surface area contributed by atoms with Gasteiger partial charge in [0.25, 0.3) is 0 Å². The van der Waals surface area contributed by atoms with Crippen molar-refractivity contribution in [1.82, 2.24) is 0 Å². The molecule has 13 heavy (non-hydrogen) atoms. The lowest BCUT2D eigenvalue weighted by atomic mass is 10.1. The summed E-state index contributed by atoms with van der Waals surface area (Å²) >= 11 is 0. The first-order chi connectivity index (χ1) is 6.38. The third-order valence-corrected chi connectivity index (χ3v) is 1.98. The lowest BCUT2D eigenvalue weighted by Gasteiger charge is -1.93. The van der Waals surface area contributed by atoms with E-state index in [2.05, 4.69) is 43.3 Å². The highest BCUT2D eigenvalue weighted by molar-refractivity contribution is 5.59. The van der Waals surface area contributed by atoms with Crippen molar-refractivity contribution in [2.45, 2.75) is 19.8 Å². The van der Waals surface area contributed by atoms with Gasteiger partial charge >= 0.3 is 0 Å². The molecule has 0 atom stereocenters. The summed E-state index contributed by atoms with van der Waals surface area (Å²) in [7, 11) is 0. The lowest BCUT2D eigenvalue weighted by molar-refractivity contribution is 0.932. The molecule has 0 heterocycles. The van der Waals surface area contributed by atoms with E-state index in [4.69, 9.17) is 5.73 Å². The summed E-state index contributed by atoms with van der Waals surface area (Å²) in [5, 5.41) is 0. The van der Waals surface area contributed by atoms with Crippen molar-refractivity contribution in [3.05, 3.63) is 41.5 Å². The molecule has 1 aliphatic rings. The summed E-state index contributed by atoms with van der Waals surface area (Å²) in [4.78, 5) is 0. The summed E-state index contributed by atoms with van der Waals surface area (Å²) in [6.07, 6.45) is 6.59. The predicted octanol–water partition coefficient (Wildman–Crippen LogP) is 2.61. The monoisotopic (exact) mass is 175 g/mol. The Morgan fingerprint density at radius 2 is 2.00 bits per heavy atom. The number of hydrogen-bond donors (Lipinski definition) is 1. The van der Waals surface area contributed by atoms with E-state index in [0.717, 1.165) is 19.4 Å². The minimum Gasteiger partial charge on any atom is -0.330 e. The molecule has 1 aromatic carbocycles. The Balaban J connectivity index is 0.000000184. The largest absolute Gasteiger partial charge is 0.330 e. The molecule has 2 N–H and O–H groups in total. The van der Waals surface area contributed by atoms with Gasteiger partial charge in [-0.15, -0.1) is 0 Å². The molecule has 0 aromatic heterocycles. The number of allylic oxidation sites excluding steroid dienone is 1. The van der Waals surface area contributed by atoms with Gasteiger partial charge in [0.1, 0.15) is 0 Å². The molecular formula is C12H17N. The van der Waals surface area contributed by atoms with Crippen LogP contribution in [0.15, 0.2) is 30.3 Å². The maximum absolute atomic E-state index is 5.03. The second kappa shape index (κ2) is 5.55. The van der Waals surface area contributed by atoms with Crippen molar-refractivity contribution in [3.8, 4) is 0 Å². The normalized spacial score (nSPS) is 11.8. The minimum absolute atomic E-state index is 0.819. The van der Waals surface area contributed by atoms with E-state index in [1.165, 1.54) is 11.1 Å². The zero-order chi connectivity index (χ0) is 9.52. The van der Waals surface area contributed by atoms with Crippen LogP contribution in [-0.4, -0.2) is 6.54 Å². The first-order valence-corrected chi connectivity index (χ1v) is 4.83. The fourth-order valence-electron chi connectivity index (χ4n) is 1.20. The van der Waals surface area contributed by atoms with Crippen molar-refractivity contribution >= 4 is 6.08 Å². The lowest BCUT2D eigenvalue weighted by Crippen LogP contribution is -1.93. The van der Waals surface area contributed by atoms with E-state index in [1.54, 1.807) is 0 Å². The number of benzene rings is 1. The Morgan fingerprint density at radius 3 is 2.62 bits per heavy atom. The summed E-state index contributed by atoms with van der Waals surface area (Å²) in [6, 6.07) is 8.49. The smallest absolute Gasteiger partial charge is 0.00799 e. The van der Waals surface area contributed by atoms with Crippen LogP contribution in [0.25, 0.3) is 6.08 Å². The number of fused-ring (bicyclic) bond motifs is 1. The molecule has 0 unspecified atom stereocenters. The van der Waals surface area contributed by atoms with E-state index < -0.39 is 0 Å². The molecule has 0 saturated heterocycles. The topological polar surface area (TPSA) is 26.0 Å². The van der Waals surface area contributed by atoms with Gasteiger partial charge in [-0.05, 0) is 30.5 Å². The quantitative estimate of drug-likeness (QED) is 0.697. The molecule has 0 radical (unpaired) electrons. The van der Waals surface area contributed by atoms with Gasteiger partial charge in [-0.3, -0.25) is 0 Å². The van der Waals surface area contributed by atoms with E-state index in [1.807, 2.05) is 0 Å². The van der Waals surface area contributed by atoms with Crippen LogP contribution in [0.2, 0.25) is 0 Å². The molecular weight excluding hydrogens is 158 g/mol. The minimum atomic E-state index is 0.819. The van der Waals surface area contributed by atoms with E-state index >= 15 is 0 Å². The molecule has 0 amide bonds. The first-order valence-electron chi connectivity index (χ1n) is 4.83. The van der Waals surface area contributed by atoms with Crippen LogP contribution in [0, 0.1) is 0 Å². The SMILES string of the molecule is C1=Cc2ccccc2C1.CCCN. The second-order valence-corrected chi connectivity index (χ2v) is 3.09. The van der Waals surface area contributed by atoms with Crippen LogP contribution in [0.4, 0.5) is 0 Å². The molecule has 0 saturated carbocycles. The Labute approximate surface area is 80.3 Å². The van der Waals surface area contributed by atoms with Crippen LogP contribution in [-0.2, 0) is 6.42 Å². The first kappa shape index (κ1) is 10.0. The highest BCUT2D eigenvalue weighted by Gasteiger charge is 2.00. The number of hydrogen-bond acceptors (Lipinski definition) is 1. The molecule has 0 spiro atoms. The van der Waals surface area contributed by atoms with Crippen molar-refractivity contribution in [3.63, 3.8) is 0 Å². The molecule has 0 aliphatic heterocycles. The molecule has 1 aliphatic carbocycles. The summed E-state index contributed by atoms with van der Waals surface area (Å²) in [5.74, 6) is 0. The molecule has 0 fully saturated rings. The number of nitrogens with two attached hydrogens (primary N) is 1. The number of rotatable bonds is 1. The Bertz CT molecular complexity index is 274. The fraction of sp³-hybridized carbons (Fsp3) is 0.333. The summed E-state index contributed by atoms with van der Waals surface area (Å²) in [6.45, 7) is 2.88. The maximum atomic E-state index is 5.03. The van der Waals surface area contributed by atoms with Crippen LogP contribution < -0.4 is 5.73 Å². The zero-order valence-corrected chi connectivity index (χ0v) is 8.16. The van der Waals surface area contributed by atoms with E-state index in [0.29, 0.717) is 0 Å². The van der Waals surface area contributed by atoms with Gasteiger partial charge < -0.3 is 5.73 Å². The average molecular weight is 175 g/mol. The van der Waals surface area contributed by atoms with Crippen molar-refractivity contribution < 1.29 is 0 Å². The van der Waals surface area contributed by atoms with Gasteiger partial charge in [-0.1, -0.05) is 43.3 Å². The molecule has 1 heteroatoms. The molecule has 2 rings (SSSR count). The average Bonchev–Trinajstić information content (AvgIpc) is 2.66. The highest BCUT2D eigenvalue weighted by Crippen LogP contribution is 2.17. The summed E-state index contributed by atoms with van der Waals surface area (Å²) < 4.78 is 0. The molecule has 1 aromatic rings. The van der Waals surface area contributed by atoms with Crippen molar-refractivity contribution in [1.29, 1.82) is 0 Å². The third-order valence-electron chi connectivity index (χ3n) is 1.98. The van der Waals surface area contributed by atoms with Gasteiger partial charge in [0.2, 0.25) is 0 Å². The van der Waals surface area contributed by atoms with E-state index in [-0.39, 0.29) is 0 Å². The Morgan fingerprint density at radius 1 is 1.31 bits per heavy atom. The van der Waals surface area contributed by atoms with Crippen molar-refractivity contribution in [2.75, 3.05) is 6.54 Å². The Kier molecular flexibility index (Phi) is 4.27. The van der Waals surface area contributed by atoms with E-state index in [9.17, 15) is 0 Å². The molecule has 0 bridgehead atoms. The van der Waals surface area contributed by atoms with Crippen molar-refractivity contribution in [2.24, 2.45) is 5.73 Å². The Hall–Kier alpha value is -1.08. The predicted molar refractivity (Wildman–Crippen MR) is 58.5 cm³/mol. The van der Waals surface area contributed by atoms with Gasteiger partial charge in [0, 0.05) is 0 Å². The van der Waals surface area contributed by atoms with Gasteiger partial charge in [0.15, 0.2) is 0 Å². The molecule has 1 nitrogen and oxygen atoms in total. The van der Waals surface area contributed by atoms with Crippen LogP contribution in [0.3, 0.4) is 0 Å². The van der Waals surface area contributed by atoms with Crippen LogP contribution >= 0.6 is 0 Å². The fourth-order valence-corrected chi connectivity index (χ4v) is 1.20. The zero-order valence-electron chi connectivity index (χ0n) is 8.16. The molecule has 70 valence electrons. The van der Waals surface area contributed by atoms with Crippen LogP contribution in [0.1, 0.15) is 24.5 Å². The standard InChI is InChI=1S/C9H8.C3H9N/c1-2-5-9-7-3-6-8(9)4-1;1-2-3-4/h1-6H,7H2;2-4H2,1H3. The highest BCUT2D eigenvalue weighted by atomic mass is 14.5. The summed E-state index contributed by atoms with van der Waals surface area (Å²) in [5.41, 5.74) is 7.87. The maximum Gasteiger partial charge on any atom is -0.00799 e. The van der Waals surface area contributed by atoms with Gasteiger partial charge in [0.05, 0.1) is 0 Å².